The van der Waals surface area contributed by atoms with Crippen LogP contribution >= 0.6 is 11.8 Å². The van der Waals surface area contributed by atoms with E-state index >= 15 is 0 Å². The van der Waals surface area contributed by atoms with Crippen LogP contribution in [0.1, 0.15) is 16.8 Å². The average Bonchev–Trinajstić information content (AvgIpc) is 2.84. The highest BCUT2D eigenvalue weighted by molar-refractivity contribution is 8.02. The summed E-state index contributed by atoms with van der Waals surface area (Å²) in [6, 6.07) is 6.03. The number of ether oxygens (including phenoxy) is 2. The SMILES string of the molecule is COC(=O)c1ccc(OC(=O)CS[C@@H]2CCS(=O)(=O)C2)cc1. The maximum Gasteiger partial charge on any atom is 0.337 e. The van der Waals surface area contributed by atoms with Gasteiger partial charge in [0.2, 0.25) is 0 Å². The Morgan fingerprint density at radius 2 is 1.95 bits per heavy atom. The molecular formula is C14H16O6S2. The molecule has 0 amide bonds. The van der Waals surface area contributed by atoms with Gasteiger partial charge in [0.05, 0.1) is 29.9 Å². The van der Waals surface area contributed by atoms with Gasteiger partial charge in [0.1, 0.15) is 5.75 Å². The van der Waals surface area contributed by atoms with Crippen LogP contribution in [0.4, 0.5) is 0 Å². The number of methoxy groups -OCH3 is 1. The molecule has 1 aliphatic rings. The van der Waals surface area contributed by atoms with Gasteiger partial charge in [-0.05, 0) is 30.7 Å². The van der Waals surface area contributed by atoms with Gasteiger partial charge in [-0.15, -0.1) is 11.8 Å². The van der Waals surface area contributed by atoms with Crippen molar-refractivity contribution in [1.29, 1.82) is 0 Å². The Balaban J connectivity index is 1.81. The zero-order valence-corrected chi connectivity index (χ0v) is 13.6. The first-order valence-electron chi connectivity index (χ1n) is 6.61. The predicted molar refractivity (Wildman–Crippen MR) is 82.9 cm³/mol. The molecule has 0 aromatic heterocycles. The standard InChI is InChI=1S/C14H16O6S2/c1-19-14(16)10-2-4-11(5-3-10)20-13(15)8-21-12-6-7-22(17,18)9-12/h2-5,12H,6-9H2,1H3/t12-/m1/s1. The van der Waals surface area contributed by atoms with E-state index in [0.717, 1.165) is 0 Å². The molecule has 1 aliphatic heterocycles. The van der Waals surface area contributed by atoms with Gasteiger partial charge < -0.3 is 9.47 Å². The van der Waals surface area contributed by atoms with E-state index in [1.807, 2.05) is 0 Å². The van der Waals surface area contributed by atoms with Crippen LogP contribution in [0.5, 0.6) is 5.75 Å². The molecule has 0 unspecified atom stereocenters. The van der Waals surface area contributed by atoms with Gasteiger partial charge in [0.25, 0.3) is 0 Å². The number of carbonyl (C=O) groups excluding carboxylic acids is 2. The molecule has 6 nitrogen and oxygen atoms in total. The fourth-order valence-electron chi connectivity index (χ4n) is 2.02. The third kappa shape index (κ3) is 4.74. The molecule has 2 rings (SSSR count). The van der Waals surface area contributed by atoms with E-state index in [-0.39, 0.29) is 22.5 Å². The molecule has 1 aromatic rings. The second-order valence-electron chi connectivity index (χ2n) is 4.83. The summed E-state index contributed by atoms with van der Waals surface area (Å²) in [6.45, 7) is 0. The van der Waals surface area contributed by atoms with Gasteiger partial charge in [0.15, 0.2) is 9.84 Å². The van der Waals surface area contributed by atoms with Crippen LogP contribution in [-0.4, -0.2) is 50.0 Å². The second kappa shape index (κ2) is 7.15. The highest BCUT2D eigenvalue weighted by Gasteiger charge is 2.28. The first-order valence-corrected chi connectivity index (χ1v) is 9.48. The summed E-state index contributed by atoms with van der Waals surface area (Å²) in [4.78, 5) is 23.0. The second-order valence-corrected chi connectivity index (χ2v) is 8.34. The highest BCUT2D eigenvalue weighted by atomic mass is 32.2. The number of esters is 2. The fraction of sp³-hybridized carbons (Fsp3) is 0.429. The molecule has 1 aromatic carbocycles. The van der Waals surface area contributed by atoms with Crippen LogP contribution in [0.15, 0.2) is 24.3 Å². The molecule has 1 saturated heterocycles. The smallest absolute Gasteiger partial charge is 0.337 e. The zero-order valence-electron chi connectivity index (χ0n) is 12.0. The van der Waals surface area contributed by atoms with Crippen LogP contribution < -0.4 is 4.74 Å². The lowest BCUT2D eigenvalue weighted by Crippen LogP contribution is -2.15. The molecule has 0 spiro atoms. The summed E-state index contributed by atoms with van der Waals surface area (Å²) in [7, 11) is -1.65. The van der Waals surface area contributed by atoms with Gasteiger partial charge in [-0.25, -0.2) is 13.2 Å². The van der Waals surface area contributed by atoms with Crippen LogP contribution in [0.25, 0.3) is 0 Å². The predicted octanol–water partition coefficient (Wildman–Crippen LogP) is 1.30. The molecule has 1 heterocycles. The maximum absolute atomic E-state index is 11.7. The molecule has 1 fully saturated rings. The summed E-state index contributed by atoms with van der Waals surface area (Å²) < 4.78 is 32.3. The third-order valence-corrected chi connectivity index (χ3v) is 6.39. The third-order valence-electron chi connectivity index (χ3n) is 3.13. The molecule has 0 saturated carbocycles. The van der Waals surface area contributed by atoms with E-state index in [2.05, 4.69) is 4.74 Å². The summed E-state index contributed by atoms with van der Waals surface area (Å²) in [5.41, 5.74) is 0.368. The van der Waals surface area contributed by atoms with Crippen molar-refractivity contribution >= 4 is 33.5 Å². The summed E-state index contributed by atoms with van der Waals surface area (Å²) in [5.74, 6) is -0.167. The highest BCUT2D eigenvalue weighted by Crippen LogP contribution is 2.24. The maximum atomic E-state index is 11.7. The number of benzene rings is 1. The van der Waals surface area contributed by atoms with Gasteiger partial charge in [0, 0.05) is 5.25 Å². The van der Waals surface area contributed by atoms with Crippen molar-refractivity contribution in [3.8, 4) is 5.75 Å². The van der Waals surface area contributed by atoms with Crippen LogP contribution in [0, 0.1) is 0 Å². The van der Waals surface area contributed by atoms with Gasteiger partial charge >= 0.3 is 11.9 Å². The van der Waals surface area contributed by atoms with Gasteiger partial charge in [-0.2, -0.15) is 0 Å². The van der Waals surface area contributed by atoms with Crippen molar-refractivity contribution in [3.63, 3.8) is 0 Å². The Morgan fingerprint density at radius 1 is 1.27 bits per heavy atom. The number of carbonyl (C=O) groups is 2. The topological polar surface area (TPSA) is 86.7 Å². The summed E-state index contributed by atoms with van der Waals surface area (Å²) in [6.07, 6.45) is 0.577. The van der Waals surface area contributed by atoms with E-state index < -0.39 is 21.8 Å². The number of hydrogen-bond donors (Lipinski definition) is 0. The molecule has 0 N–H and O–H groups in total. The molecular weight excluding hydrogens is 328 g/mol. The average molecular weight is 344 g/mol. The van der Waals surface area contributed by atoms with Crippen molar-refractivity contribution in [2.24, 2.45) is 0 Å². The molecule has 120 valence electrons. The molecule has 0 radical (unpaired) electrons. The summed E-state index contributed by atoms with van der Waals surface area (Å²) in [5, 5.41) is -0.0424. The monoisotopic (exact) mass is 344 g/mol. The van der Waals surface area contributed by atoms with Gasteiger partial charge in [-0.3, -0.25) is 4.79 Å². The lowest BCUT2D eigenvalue weighted by Gasteiger charge is -2.08. The number of thioether (sulfide) groups is 1. The first-order chi connectivity index (χ1) is 10.4. The number of sulfone groups is 1. The lowest BCUT2D eigenvalue weighted by atomic mass is 10.2. The largest absolute Gasteiger partial charge is 0.465 e. The fourth-order valence-corrected chi connectivity index (χ4v) is 5.43. The lowest BCUT2D eigenvalue weighted by molar-refractivity contribution is -0.131. The van der Waals surface area contributed by atoms with Crippen molar-refractivity contribution in [2.75, 3.05) is 24.4 Å². The summed E-state index contributed by atoms with van der Waals surface area (Å²) >= 11 is 1.30. The van der Waals surface area contributed by atoms with E-state index in [1.54, 1.807) is 0 Å². The Kier molecular flexibility index (Phi) is 5.47. The molecule has 0 aliphatic carbocycles. The van der Waals surface area contributed by atoms with Crippen molar-refractivity contribution in [3.05, 3.63) is 29.8 Å². The Labute approximate surface area is 133 Å². The minimum absolute atomic E-state index is 0.0424. The number of rotatable bonds is 5. The van der Waals surface area contributed by atoms with E-state index in [4.69, 9.17) is 4.74 Å². The van der Waals surface area contributed by atoms with Crippen molar-refractivity contribution in [1.82, 2.24) is 0 Å². The Hall–Kier alpha value is -1.54. The van der Waals surface area contributed by atoms with Gasteiger partial charge in [-0.1, -0.05) is 0 Å². The van der Waals surface area contributed by atoms with Crippen LogP contribution in [0.3, 0.4) is 0 Å². The number of hydrogen-bond acceptors (Lipinski definition) is 7. The molecule has 1 atom stereocenters. The van der Waals surface area contributed by atoms with E-state index in [0.29, 0.717) is 17.7 Å². The van der Waals surface area contributed by atoms with Crippen LogP contribution in [0.2, 0.25) is 0 Å². The first kappa shape index (κ1) is 16.8. The normalized spacial score (nSPS) is 19.6. The van der Waals surface area contributed by atoms with Crippen LogP contribution in [-0.2, 0) is 19.4 Å². The Morgan fingerprint density at radius 3 is 2.50 bits per heavy atom. The minimum atomic E-state index is -2.93. The molecule has 8 heteroatoms. The molecule has 22 heavy (non-hydrogen) atoms. The van der Waals surface area contributed by atoms with Crippen molar-refractivity contribution < 1.29 is 27.5 Å². The van der Waals surface area contributed by atoms with Crippen molar-refractivity contribution in [2.45, 2.75) is 11.7 Å². The van der Waals surface area contributed by atoms with E-state index in [1.165, 1.54) is 43.1 Å². The molecule has 0 bridgehead atoms. The van der Waals surface area contributed by atoms with E-state index in [9.17, 15) is 18.0 Å². The zero-order chi connectivity index (χ0) is 16.2. The Bertz CT molecular complexity index is 650. The minimum Gasteiger partial charge on any atom is -0.465 e. The quantitative estimate of drug-likeness (QED) is 0.588.